The van der Waals surface area contributed by atoms with Crippen molar-refractivity contribution in [3.8, 4) is 0 Å². The largest absolute Gasteiger partial charge is 0.100 e. The molecule has 0 fully saturated rings. The number of rotatable bonds is 7. The normalized spacial score (nSPS) is 9.94. The van der Waals surface area contributed by atoms with Crippen LogP contribution < -0.4 is 0 Å². The summed E-state index contributed by atoms with van der Waals surface area (Å²) in [6.45, 7) is 14.0. The van der Waals surface area contributed by atoms with Crippen molar-refractivity contribution in [2.24, 2.45) is 0 Å². The van der Waals surface area contributed by atoms with Crippen molar-refractivity contribution in [1.29, 1.82) is 0 Å². The minimum absolute atomic E-state index is 1.05. The van der Waals surface area contributed by atoms with E-state index >= 15 is 0 Å². The van der Waals surface area contributed by atoms with Gasteiger partial charge < -0.3 is 0 Å². The highest BCUT2D eigenvalue weighted by atomic mass is 14.1. The van der Waals surface area contributed by atoms with Crippen LogP contribution in [0.3, 0.4) is 0 Å². The molecule has 0 nitrogen and oxygen atoms in total. The average molecular weight is 226 g/mol. The van der Waals surface area contributed by atoms with E-state index < -0.39 is 0 Å². The maximum Gasteiger partial charge on any atom is -0.0158 e. The molecule has 0 aliphatic heterocycles. The third-order valence-corrected chi connectivity index (χ3v) is 2.89. The molecule has 0 aromatic heterocycles. The molecule has 0 spiro atoms. The Balaban J connectivity index is 2.52. The van der Waals surface area contributed by atoms with Gasteiger partial charge in [0.1, 0.15) is 0 Å². The Hall–Kier alpha value is -1.56. The summed E-state index contributed by atoms with van der Waals surface area (Å²) in [6, 6.07) is 8.30. The third kappa shape index (κ3) is 4.44. The van der Waals surface area contributed by atoms with Gasteiger partial charge in [-0.3, -0.25) is 0 Å². The highest BCUT2D eigenvalue weighted by Gasteiger charge is 2.02. The number of hydrogen-bond acceptors (Lipinski definition) is 0. The maximum absolute atomic E-state index is 4.18. The highest BCUT2D eigenvalue weighted by molar-refractivity contribution is 5.72. The summed E-state index contributed by atoms with van der Waals surface area (Å²) < 4.78 is 0. The van der Waals surface area contributed by atoms with Crippen LogP contribution in [0.2, 0.25) is 0 Å². The van der Waals surface area contributed by atoms with Crippen LogP contribution in [0.15, 0.2) is 49.6 Å². The first kappa shape index (κ1) is 13.5. The van der Waals surface area contributed by atoms with Crippen LogP contribution in [0.25, 0.3) is 11.6 Å². The highest BCUT2D eigenvalue weighted by Crippen LogP contribution is 2.23. The van der Waals surface area contributed by atoms with E-state index in [9.17, 15) is 0 Å². The Morgan fingerprint density at radius 3 is 2.41 bits per heavy atom. The number of allylic oxidation sites excluding steroid dienone is 2. The van der Waals surface area contributed by atoms with Crippen LogP contribution in [0.1, 0.15) is 43.7 Å². The second kappa shape index (κ2) is 6.90. The molecular formula is C17H22. The van der Waals surface area contributed by atoms with E-state index in [1.165, 1.54) is 35.1 Å². The Morgan fingerprint density at radius 2 is 1.76 bits per heavy atom. The molecule has 90 valence electrons. The molecule has 0 aliphatic rings. The molecule has 1 aromatic rings. The number of hydrogen-bond donors (Lipinski definition) is 0. The van der Waals surface area contributed by atoms with Gasteiger partial charge in [-0.2, -0.15) is 0 Å². The zero-order chi connectivity index (χ0) is 12.7. The topological polar surface area (TPSA) is 0 Å². The van der Waals surface area contributed by atoms with Gasteiger partial charge in [0, 0.05) is 0 Å². The molecular weight excluding hydrogens is 204 g/mol. The van der Waals surface area contributed by atoms with Crippen molar-refractivity contribution >= 4 is 11.6 Å². The lowest BCUT2D eigenvalue weighted by molar-refractivity contribution is 0.750. The minimum atomic E-state index is 1.05. The minimum Gasteiger partial charge on any atom is -0.100 e. The van der Waals surface area contributed by atoms with Crippen LogP contribution in [0.5, 0.6) is 0 Å². The quantitative estimate of drug-likeness (QED) is 0.426. The molecule has 1 rings (SSSR count). The standard InChI is InChI=1S/C17H22/c1-5-16-12-8-9-13-17(16)15(4)11-7-6-10-14(2)3/h5,8-9,12-13H,1-2,4,6-7,10-11H2,3H3. The predicted molar refractivity (Wildman–Crippen MR) is 78.8 cm³/mol. The monoisotopic (exact) mass is 226 g/mol. The van der Waals surface area contributed by atoms with Gasteiger partial charge in [-0.05, 0) is 49.3 Å². The summed E-state index contributed by atoms with van der Waals surface area (Å²) in [5.74, 6) is 0. The zero-order valence-electron chi connectivity index (χ0n) is 10.8. The fourth-order valence-electron chi connectivity index (χ4n) is 1.90. The van der Waals surface area contributed by atoms with Crippen molar-refractivity contribution in [3.63, 3.8) is 0 Å². The van der Waals surface area contributed by atoms with E-state index in [4.69, 9.17) is 0 Å². The van der Waals surface area contributed by atoms with Crippen molar-refractivity contribution in [2.75, 3.05) is 0 Å². The Morgan fingerprint density at radius 1 is 1.12 bits per heavy atom. The Kier molecular flexibility index (Phi) is 5.48. The summed E-state index contributed by atoms with van der Waals surface area (Å²) in [6.07, 6.45) is 6.45. The zero-order valence-corrected chi connectivity index (χ0v) is 10.8. The predicted octanol–water partition coefficient (Wildman–Crippen LogP) is 5.48. The molecule has 0 radical (unpaired) electrons. The van der Waals surface area contributed by atoms with E-state index in [1.54, 1.807) is 0 Å². The molecule has 0 saturated carbocycles. The second-order valence-electron chi connectivity index (χ2n) is 4.56. The van der Waals surface area contributed by atoms with Crippen LogP contribution in [-0.4, -0.2) is 0 Å². The molecule has 0 aliphatic carbocycles. The van der Waals surface area contributed by atoms with Gasteiger partial charge in [0.25, 0.3) is 0 Å². The van der Waals surface area contributed by atoms with Gasteiger partial charge in [0.15, 0.2) is 0 Å². The molecule has 0 heterocycles. The van der Waals surface area contributed by atoms with E-state index in [0.717, 1.165) is 12.8 Å². The first-order valence-electron chi connectivity index (χ1n) is 6.19. The summed E-state index contributed by atoms with van der Waals surface area (Å²) >= 11 is 0. The number of benzene rings is 1. The average Bonchev–Trinajstić information content (AvgIpc) is 2.34. The van der Waals surface area contributed by atoms with Crippen LogP contribution in [0.4, 0.5) is 0 Å². The molecule has 17 heavy (non-hydrogen) atoms. The molecule has 0 atom stereocenters. The van der Waals surface area contributed by atoms with Crippen LogP contribution in [0, 0.1) is 0 Å². The summed E-state index contributed by atoms with van der Waals surface area (Å²) in [5.41, 5.74) is 4.89. The van der Waals surface area contributed by atoms with Crippen molar-refractivity contribution in [3.05, 3.63) is 60.7 Å². The Labute approximate surface area is 105 Å². The molecule has 0 saturated heterocycles. The van der Waals surface area contributed by atoms with E-state index in [1.807, 2.05) is 12.1 Å². The first-order valence-corrected chi connectivity index (χ1v) is 6.19. The number of unbranched alkanes of at least 4 members (excludes halogenated alkanes) is 1. The maximum atomic E-state index is 4.18. The fourth-order valence-corrected chi connectivity index (χ4v) is 1.90. The van der Waals surface area contributed by atoms with Crippen LogP contribution >= 0.6 is 0 Å². The van der Waals surface area contributed by atoms with Gasteiger partial charge in [-0.15, -0.1) is 6.58 Å². The molecule has 1 aromatic carbocycles. The van der Waals surface area contributed by atoms with Crippen molar-refractivity contribution < 1.29 is 0 Å². The second-order valence-corrected chi connectivity index (χ2v) is 4.56. The van der Waals surface area contributed by atoms with Crippen molar-refractivity contribution in [2.45, 2.75) is 32.6 Å². The molecule has 0 N–H and O–H groups in total. The van der Waals surface area contributed by atoms with Crippen molar-refractivity contribution in [1.82, 2.24) is 0 Å². The van der Waals surface area contributed by atoms with Gasteiger partial charge in [-0.25, -0.2) is 0 Å². The molecule has 0 amide bonds. The van der Waals surface area contributed by atoms with Gasteiger partial charge in [0.05, 0.1) is 0 Å². The van der Waals surface area contributed by atoms with Gasteiger partial charge >= 0.3 is 0 Å². The smallest absolute Gasteiger partial charge is 0.0158 e. The lowest BCUT2D eigenvalue weighted by atomic mass is 9.96. The summed E-state index contributed by atoms with van der Waals surface area (Å²) in [4.78, 5) is 0. The van der Waals surface area contributed by atoms with Gasteiger partial charge in [-0.1, -0.05) is 49.1 Å². The lowest BCUT2D eigenvalue weighted by Gasteiger charge is -2.09. The van der Waals surface area contributed by atoms with Crippen LogP contribution in [-0.2, 0) is 0 Å². The molecule has 0 bridgehead atoms. The first-order chi connectivity index (χ1) is 8.15. The lowest BCUT2D eigenvalue weighted by Crippen LogP contribution is -1.88. The van der Waals surface area contributed by atoms with Gasteiger partial charge in [0.2, 0.25) is 0 Å². The third-order valence-electron chi connectivity index (χ3n) is 2.89. The Bertz CT molecular complexity index is 410. The fraction of sp³-hybridized carbons (Fsp3) is 0.294. The molecule has 0 heteroatoms. The van der Waals surface area contributed by atoms with E-state index in [-0.39, 0.29) is 0 Å². The van der Waals surface area contributed by atoms with E-state index in [0.29, 0.717) is 0 Å². The summed E-state index contributed by atoms with van der Waals surface area (Å²) in [5, 5.41) is 0. The van der Waals surface area contributed by atoms with E-state index in [2.05, 4.69) is 44.9 Å². The SMILES string of the molecule is C=Cc1ccccc1C(=C)CCCCC(=C)C. The summed E-state index contributed by atoms with van der Waals surface area (Å²) in [7, 11) is 0. The molecule has 0 unspecified atom stereocenters.